The molecule has 1 heterocycles. The summed E-state index contributed by atoms with van der Waals surface area (Å²) in [5.74, 6) is 0. The topological polar surface area (TPSA) is 36.6 Å². The third-order valence-corrected chi connectivity index (χ3v) is 3.27. The summed E-state index contributed by atoms with van der Waals surface area (Å²) >= 11 is 0. The predicted molar refractivity (Wildman–Crippen MR) is 73.7 cm³/mol. The van der Waals surface area contributed by atoms with Crippen LogP contribution in [0.1, 0.15) is 18.4 Å². The lowest BCUT2D eigenvalue weighted by molar-refractivity contribution is 0.264. The number of rotatable bonds is 7. The van der Waals surface area contributed by atoms with Crippen molar-refractivity contribution in [2.75, 3.05) is 26.7 Å². The molecule has 0 saturated heterocycles. The first-order valence-electron chi connectivity index (χ1n) is 6.56. The number of furan rings is 1. The van der Waals surface area contributed by atoms with Gasteiger partial charge in [0, 0.05) is 18.5 Å². The SMILES string of the molecule is CN(CCCCO)CCc1coc2ccccc12. The zero-order chi connectivity index (χ0) is 12.8. The van der Waals surface area contributed by atoms with E-state index < -0.39 is 0 Å². The molecular formula is C15H21NO2. The first-order valence-corrected chi connectivity index (χ1v) is 6.56. The quantitative estimate of drug-likeness (QED) is 0.764. The van der Waals surface area contributed by atoms with Crippen molar-refractivity contribution in [3.8, 4) is 0 Å². The van der Waals surface area contributed by atoms with Crippen molar-refractivity contribution in [3.05, 3.63) is 36.1 Å². The van der Waals surface area contributed by atoms with Crippen LogP contribution in [0.25, 0.3) is 11.0 Å². The Kier molecular flexibility index (Phi) is 4.79. The molecule has 1 aromatic carbocycles. The Balaban J connectivity index is 1.86. The van der Waals surface area contributed by atoms with Crippen LogP contribution in [0.4, 0.5) is 0 Å². The molecule has 1 N–H and O–H groups in total. The molecule has 0 amide bonds. The summed E-state index contributed by atoms with van der Waals surface area (Å²) in [6.07, 6.45) is 4.82. The van der Waals surface area contributed by atoms with Gasteiger partial charge in [-0.3, -0.25) is 0 Å². The van der Waals surface area contributed by atoms with E-state index in [0.717, 1.165) is 37.9 Å². The molecule has 2 rings (SSSR count). The van der Waals surface area contributed by atoms with Gasteiger partial charge in [0.25, 0.3) is 0 Å². The largest absolute Gasteiger partial charge is 0.464 e. The van der Waals surface area contributed by atoms with Crippen molar-refractivity contribution in [1.82, 2.24) is 4.90 Å². The summed E-state index contributed by atoms with van der Waals surface area (Å²) in [6, 6.07) is 8.16. The van der Waals surface area contributed by atoms with Gasteiger partial charge in [-0.25, -0.2) is 0 Å². The molecule has 3 nitrogen and oxygen atoms in total. The van der Waals surface area contributed by atoms with Crippen LogP contribution < -0.4 is 0 Å². The molecule has 18 heavy (non-hydrogen) atoms. The second-order valence-corrected chi connectivity index (χ2v) is 4.74. The molecule has 0 radical (unpaired) electrons. The van der Waals surface area contributed by atoms with Gasteiger partial charge in [0.1, 0.15) is 5.58 Å². The third kappa shape index (κ3) is 3.34. The molecule has 0 fully saturated rings. The van der Waals surface area contributed by atoms with Gasteiger partial charge in [-0.1, -0.05) is 18.2 Å². The summed E-state index contributed by atoms with van der Waals surface area (Å²) < 4.78 is 5.53. The van der Waals surface area contributed by atoms with Crippen LogP contribution in [0, 0.1) is 0 Å². The smallest absolute Gasteiger partial charge is 0.134 e. The molecule has 0 aliphatic rings. The number of aliphatic hydroxyl groups excluding tert-OH is 1. The second kappa shape index (κ2) is 6.57. The number of fused-ring (bicyclic) bond motifs is 1. The monoisotopic (exact) mass is 247 g/mol. The summed E-state index contributed by atoms with van der Waals surface area (Å²) in [4.78, 5) is 2.30. The van der Waals surface area contributed by atoms with Crippen molar-refractivity contribution < 1.29 is 9.52 Å². The van der Waals surface area contributed by atoms with Gasteiger partial charge in [-0.15, -0.1) is 0 Å². The molecular weight excluding hydrogens is 226 g/mol. The molecule has 0 saturated carbocycles. The van der Waals surface area contributed by atoms with Crippen LogP contribution >= 0.6 is 0 Å². The Bertz CT molecular complexity index is 478. The van der Waals surface area contributed by atoms with Crippen molar-refractivity contribution >= 4 is 11.0 Å². The predicted octanol–water partition coefficient (Wildman–Crippen LogP) is 2.68. The van der Waals surface area contributed by atoms with E-state index in [4.69, 9.17) is 9.52 Å². The number of benzene rings is 1. The number of hydrogen-bond donors (Lipinski definition) is 1. The maximum atomic E-state index is 8.75. The fraction of sp³-hybridized carbons (Fsp3) is 0.467. The van der Waals surface area contributed by atoms with Crippen LogP contribution in [0.5, 0.6) is 0 Å². The second-order valence-electron chi connectivity index (χ2n) is 4.74. The number of nitrogens with zero attached hydrogens (tertiary/aromatic N) is 1. The standard InChI is InChI=1S/C15H21NO2/c1-16(9-4-5-11-17)10-8-13-12-18-15-7-3-2-6-14(13)15/h2-3,6-7,12,17H,4-5,8-11H2,1H3. The van der Waals surface area contributed by atoms with Gasteiger partial charge >= 0.3 is 0 Å². The van der Waals surface area contributed by atoms with E-state index in [-0.39, 0.29) is 0 Å². The van der Waals surface area contributed by atoms with E-state index in [2.05, 4.69) is 18.0 Å². The van der Waals surface area contributed by atoms with E-state index in [1.54, 1.807) is 0 Å². The average Bonchev–Trinajstić information content (AvgIpc) is 2.80. The zero-order valence-electron chi connectivity index (χ0n) is 10.9. The van der Waals surface area contributed by atoms with Crippen LogP contribution in [0.2, 0.25) is 0 Å². The van der Waals surface area contributed by atoms with Crippen LogP contribution in [0.15, 0.2) is 34.9 Å². The van der Waals surface area contributed by atoms with Gasteiger partial charge in [-0.2, -0.15) is 0 Å². The normalized spacial score (nSPS) is 11.5. The van der Waals surface area contributed by atoms with Crippen molar-refractivity contribution in [2.24, 2.45) is 0 Å². The lowest BCUT2D eigenvalue weighted by Crippen LogP contribution is -2.22. The van der Waals surface area contributed by atoms with Gasteiger partial charge < -0.3 is 14.4 Å². The highest BCUT2D eigenvalue weighted by Crippen LogP contribution is 2.21. The molecule has 0 bridgehead atoms. The zero-order valence-corrected chi connectivity index (χ0v) is 10.9. The fourth-order valence-corrected chi connectivity index (χ4v) is 2.14. The number of para-hydroxylation sites is 1. The van der Waals surface area contributed by atoms with E-state index in [9.17, 15) is 0 Å². The summed E-state index contributed by atoms with van der Waals surface area (Å²) in [7, 11) is 2.12. The van der Waals surface area contributed by atoms with Crippen LogP contribution in [-0.4, -0.2) is 36.8 Å². The fourth-order valence-electron chi connectivity index (χ4n) is 2.14. The highest BCUT2D eigenvalue weighted by Gasteiger charge is 2.06. The summed E-state index contributed by atoms with van der Waals surface area (Å²) in [5, 5.41) is 9.97. The van der Waals surface area contributed by atoms with E-state index in [0.29, 0.717) is 6.61 Å². The van der Waals surface area contributed by atoms with Gasteiger partial charge in [0.15, 0.2) is 0 Å². The lowest BCUT2D eigenvalue weighted by Gasteiger charge is -2.15. The molecule has 3 heteroatoms. The maximum Gasteiger partial charge on any atom is 0.134 e. The summed E-state index contributed by atoms with van der Waals surface area (Å²) in [6.45, 7) is 2.35. The number of aliphatic hydroxyl groups is 1. The van der Waals surface area contributed by atoms with Gasteiger partial charge in [-0.05, 0) is 44.5 Å². The highest BCUT2D eigenvalue weighted by atomic mass is 16.3. The Morgan fingerprint density at radius 3 is 2.83 bits per heavy atom. The Morgan fingerprint density at radius 1 is 1.17 bits per heavy atom. The first kappa shape index (κ1) is 13.1. The third-order valence-electron chi connectivity index (χ3n) is 3.27. The van der Waals surface area contributed by atoms with E-state index in [1.807, 2.05) is 24.5 Å². The first-order chi connectivity index (χ1) is 8.81. The average molecular weight is 247 g/mol. The molecule has 0 unspecified atom stereocenters. The lowest BCUT2D eigenvalue weighted by atomic mass is 10.1. The molecule has 0 aliphatic carbocycles. The number of likely N-dealkylation sites (N-methyl/N-ethyl adjacent to an activating group) is 1. The van der Waals surface area contributed by atoms with Crippen LogP contribution in [0.3, 0.4) is 0 Å². The minimum Gasteiger partial charge on any atom is -0.464 e. The molecule has 1 aromatic heterocycles. The van der Waals surface area contributed by atoms with Crippen molar-refractivity contribution in [3.63, 3.8) is 0 Å². The number of unbranched alkanes of at least 4 members (excludes halogenated alkanes) is 1. The molecule has 2 aromatic rings. The maximum absolute atomic E-state index is 8.75. The van der Waals surface area contributed by atoms with Crippen molar-refractivity contribution in [1.29, 1.82) is 0 Å². The molecule has 98 valence electrons. The van der Waals surface area contributed by atoms with Gasteiger partial charge in [0.2, 0.25) is 0 Å². The van der Waals surface area contributed by atoms with Crippen molar-refractivity contribution in [2.45, 2.75) is 19.3 Å². The summed E-state index contributed by atoms with van der Waals surface area (Å²) in [5.41, 5.74) is 2.25. The van der Waals surface area contributed by atoms with E-state index >= 15 is 0 Å². The minimum atomic E-state index is 0.292. The Morgan fingerprint density at radius 2 is 2.00 bits per heavy atom. The van der Waals surface area contributed by atoms with E-state index in [1.165, 1.54) is 10.9 Å². The highest BCUT2D eigenvalue weighted by molar-refractivity contribution is 5.80. The van der Waals surface area contributed by atoms with Crippen LogP contribution in [-0.2, 0) is 6.42 Å². The Hall–Kier alpha value is -1.32. The van der Waals surface area contributed by atoms with Gasteiger partial charge in [0.05, 0.1) is 6.26 Å². The molecule has 0 atom stereocenters. The minimum absolute atomic E-state index is 0.292. The molecule has 0 spiro atoms. The Labute approximate surface area is 108 Å². The number of hydrogen-bond acceptors (Lipinski definition) is 3. The molecule has 0 aliphatic heterocycles.